The number of carboxylic acid groups (broad SMARTS) is 2. The second-order valence-electron chi connectivity index (χ2n) is 8.67. The van der Waals surface area contributed by atoms with Gasteiger partial charge in [-0.25, -0.2) is 14.0 Å². The van der Waals surface area contributed by atoms with Gasteiger partial charge in [0.15, 0.2) is 11.8 Å². The van der Waals surface area contributed by atoms with E-state index in [1.807, 2.05) is 0 Å². The van der Waals surface area contributed by atoms with Crippen molar-refractivity contribution in [2.45, 2.75) is 29.1 Å². The fourth-order valence-electron chi connectivity index (χ4n) is 4.18. The minimum Gasteiger partial charge on any atom is -0.480 e. The molecule has 2 aromatic heterocycles. The fraction of sp³-hybridized carbons (Fsp3) is 0.261. The zero-order chi connectivity index (χ0) is 28.7. The van der Waals surface area contributed by atoms with Crippen LogP contribution in [0.2, 0.25) is 0 Å². The first-order valence-corrected chi connectivity index (χ1v) is 13.5. The number of carbonyl (C=O) groups excluding carboxylic acids is 2. The van der Waals surface area contributed by atoms with Gasteiger partial charge < -0.3 is 20.6 Å². The van der Waals surface area contributed by atoms with Crippen LogP contribution in [0.25, 0.3) is 5.65 Å². The van der Waals surface area contributed by atoms with Gasteiger partial charge in [-0.3, -0.25) is 19.3 Å². The molecule has 17 heteroatoms. The molecule has 0 aliphatic carbocycles. The molecule has 3 atom stereocenters. The van der Waals surface area contributed by atoms with E-state index < -0.39 is 59.3 Å². The van der Waals surface area contributed by atoms with Gasteiger partial charge in [-0.15, -0.1) is 28.6 Å². The highest BCUT2D eigenvalue weighted by Gasteiger charge is 2.54. The number of nitrogens with one attached hydrogen (secondary N) is 1. The minimum atomic E-state index is -1.65. The van der Waals surface area contributed by atoms with Gasteiger partial charge in [0.1, 0.15) is 34.5 Å². The number of aliphatic carboxylic acids is 2. The zero-order valence-corrected chi connectivity index (χ0v) is 21.8. The van der Waals surface area contributed by atoms with Crippen LogP contribution in [0.1, 0.15) is 11.7 Å². The van der Waals surface area contributed by atoms with Gasteiger partial charge in [0.25, 0.3) is 11.8 Å². The topological polar surface area (TPSA) is 196 Å². The van der Waals surface area contributed by atoms with Gasteiger partial charge in [0.05, 0.1) is 0 Å². The fourth-order valence-corrected chi connectivity index (χ4v) is 6.52. The van der Waals surface area contributed by atoms with Crippen molar-refractivity contribution in [3.8, 4) is 0 Å². The lowest BCUT2D eigenvalue weighted by molar-refractivity contribution is -0.151. The van der Waals surface area contributed by atoms with E-state index in [0.29, 0.717) is 10.6 Å². The van der Waals surface area contributed by atoms with E-state index in [1.165, 1.54) is 30.0 Å². The number of benzene rings is 1. The second kappa shape index (κ2) is 10.7. The van der Waals surface area contributed by atoms with Crippen LogP contribution in [0.5, 0.6) is 0 Å². The number of amides is 2. The van der Waals surface area contributed by atoms with Gasteiger partial charge >= 0.3 is 17.6 Å². The lowest BCUT2D eigenvalue weighted by Crippen LogP contribution is -2.70. The lowest BCUT2D eigenvalue weighted by atomic mass is 10.0. The first kappa shape index (κ1) is 27.4. The van der Waals surface area contributed by atoms with Gasteiger partial charge in [-0.2, -0.15) is 14.3 Å². The Morgan fingerprint density at radius 2 is 1.85 bits per heavy atom. The normalized spacial score (nSPS) is 19.2. The Bertz CT molecular complexity index is 1640. The summed E-state index contributed by atoms with van der Waals surface area (Å²) in [7, 11) is 0. The summed E-state index contributed by atoms with van der Waals surface area (Å²) in [5.74, 6) is -4.33. The van der Waals surface area contributed by atoms with Gasteiger partial charge in [-0.05, 0) is 35.4 Å². The van der Waals surface area contributed by atoms with Crippen LogP contribution < -0.4 is 11.0 Å². The third-order valence-corrected chi connectivity index (χ3v) is 8.42. The van der Waals surface area contributed by atoms with Crippen molar-refractivity contribution in [3.63, 3.8) is 0 Å². The van der Waals surface area contributed by atoms with E-state index in [0.717, 1.165) is 38.0 Å². The van der Waals surface area contributed by atoms with Crippen LogP contribution >= 0.6 is 23.5 Å². The molecule has 1 saturated heterocycles. The molecule has 0 bridgehead atoms. The Hall–Kier alpha value is -4.22. The molecule has 2 amide bonds. The average molecular weight is 591 g/mol. The van der Waals surface area contributed by atoms with Crippen molar-refractivity contribution >= 4 is 52.9 Å². The maximum Gasteiger partial charge on any atom is 0.367 e. The van der Waals surface area contributed by atoms with Crippen molar-refractivity contribution < 1.29 is 38.9 Å². The third-order valence-electron chi connectivity index (χ3n) is 6.08. The molecule has 3 aromatic rings. The highest BCUT2D eigenvalue weighted by Crippen LogP contribution is 2.41. The Morgan fingerprint density at radius 1 is 1.12 bits per heavy atom. The number of halogens is 1. The minimum absolute atomic E-state index is 0.113. The van der Waals surface area contributed by atoms with Crippen LogP contribution in [0.15, 0.2) is 57.5 Å². The number of hydrogen-bond acceptors (Lipinski definition) is 10. The molecule has 0 spiro atoms. The predicted molar refractivity (Wildman–Crippen MR) is 137 cm³/mol. The molecular weight excluding hydrogens is 571 g/mol. The summed E-state index contributed by atoms with van der Waals surface area (Å²) in [5.41, 5.74) is -0.281. The monoisotopic (exact) mass is 590 g/mol. The first-order valence-electron chi connectivity index (χ1n) is 11.5. The molecule has 4 heterocycles. The van der Waals surface area contributed by atoms with E-state index in [9.17, 15) is 38.6 Å². The summed E-state index contributed by atoms with van der Waals surface area (Å²) in [6.07, 6.45) is -1.65. The quantitative estimate of drug-likeness (QED) is 0.188. The van der Waals surface area contributed by atoms with E-state index in [2.05, 4.69) is 15.5 Å². The second-order valence-corrected chi connectivity index (χ2v) is 10.8. The van der Waals surface area contributed by atoms with Crippen molar-refractivity contribution in [1.29, 1.82) is 0 Å². The molecule has 4 N–H and O–H groups in total. The number of hydrogen-bond donors (Lipinski definition) is 4. The summed E-state index contributed by atoms with van der Waals surface area (Å²) < 4.78 is 14.8. The maximum atomic E-state index is 13.1. The highest BCUT2D eigenvalue weighted by molar-refractivity contribution is 8.01. The number of aliphatic hydroxyl groups excluding tert-OH is 1. The number of fused-ring (bicyclic) bond motifs is 2. The predicted octanol–water partition coefficient (Wildman–Crippen LogP) is -0.321. The first-order chi connectivity index (χ1) is 19.0. The highest BCUT2D eigenvalue weighted by atomic mass is 32.2. The molecule has 14 nitrogen and oxygen atoms in total. The Kier molecular flexibility index (Phi) is 7.35. The van der Waals surface area contributed by atoms with E-state index in [4.69, 9.17) is 5.11 Å². The Balaban J connectivity index is 1.29. The largest absolute Gasteiger partial charge is 0.480 e. The molecule has 0 radical (unpaired) electrons. The van der Waals surface area contributed by atoms with Crippen LogP contribution in [-0.4, -0.2) is 86.3 Å². The Labute approximate surface area is 231 Å². The number of aromatic nitrogens is 4. The zero-order valence-electron chi connectivity index (χ0n) is 20.1. The van der Waals surface area contributed by atoms with Gasteiger partial charge in [0.2, 0.25) is 0 Å². The van der Waals surface area contributed by atoms with Crippen LogP contribution in [-0.2, 0) is 25.7 Å². The number of aliphatic hydroxyl groups is 1. The summed E-state index contributed by atoms with van der Waals surface area (Å²) in [6, 6.07) is 6.61. The number of thioether (sulfide) groups is 2. The van der Waals surface area contributed by atoms with E-state index in [1.54, 1.807) is 6.07 Å². The number of carbonyl (C=O) groups is 4. The van der Waals surface area contributed by atoms with Gasteiger partial charge in [-0.1, -0.05) is 12.1 Å². The number of carboxylic acids is 2. The number of β-lactam (4-membered cyclic amide) rings is 1. The average Bonchev–Trinajstić information content (AvgIpc) is 3.23. The molecule has 5 rings (SSSR count). The molecule has 40 heavy (non-hydrogen) atoms. The summed E-state index contributed by atoms with van der Waals surface area (Å²) in [5, 5.41) is 39.2. The van der Waals surface area contributed by atoms with Gasteiger partial charge in [0, 0.05) is 11.5 Å². The molecule has 1 unspecified atom stereocenters. The van der Waals surface area contributed by atoms with E-state index >= 15 is 0 Å². The lowest BCUT2D eigenvalue weighted by Gasteiger charge is -2.49. The summed E-state index contributed by atoms with van der Waals surface area (Å²) in [6.45, 7) is -0.631. The number of rotatable bonds is 9. The van der Waals surface area contributed by atoms with Crippen LogP contribution in [0.3, 0.4) is 0 Å². The van der Waals surface area contributed by atoms with Crippen molar-refractivity contribution in [3.05, 3.63) is 69.5 Å². The summed E-state index contributed by atoms with van der Waals surface area (Å²) in [4.78, 5) is 61.9. The molecule has 0 saturated carbocycles. The third kappa shape index (κ3) is 5.05. The molecule has 1 aromatic carbocycles. The molecule has 1 fully saturated rings. The van der Waals surface area contributed by atoms with Crippen molar-refractivity contribution in [2.75, 3.05) is 11.5 Å². The molecule has 208 valence electrons. The smallest absolute Gasteiger partial charge is 0.367 e. The van der Waals surface area contributed by atoms with Crippen LogP contribution in [0.4, 0.5) is 4.39 Å². The van der Waals surface area contributed by atoms with E-state index in [-0.39, 0.29) is 28.4 Å². The van der Waals surface area contributed by atoms with Crippen molar-refractivity contribution in [2.24, 2.45) is 0 Å². The maximum absolute atomic E-state index is 13.1. The summed E-state index contributed by atoms with van der Waals surface area (Å²) >= 11 is 2.35. The molecular formula is C23H19FN6O8S2. The van der Waals surface area contributed by atoms with Crippen molar-refractivity contribution in [1.82, 2.24) is 29.6 Å². The number of nitrogens with zero attached hydrogens (tertiary/aromatic N) is 5. The SMILES string of the molecule is O=C(O)Cn1nc2ccc(SCC3=C(C(=O)O)N4C(=O)C(NC(=O)[C@H](O)c5ccc(F)cc5)[C@H]4SC3)nn2c1=O. The molecule has 2 aliphatic heterocycles. The van der Waals surface area contributed by atoms with Crippen LogP contribution in [0, 0.1) is 5.82 Å². The Morgan fingerprint density at radius 3 is 2.52 bits per heavy atom. The molecule has 2 aliphatic rings. The standard InChI is InChI=1S/C23H19FN6O8S2/c24-12-3-1-10(2-4-12)18(33)19(34)25-16-20(35)29-17(22(36)37)11(9-40-21(16)29)8-39-14-6-5-13-26-28(7-15(31)32)23(38)30(13)27-14/h1-6,16,18,21,33H,7-9H2,(H,25,34)(H,31,32)(H,36,37)/t16?,18-,21-/m1/s1.